The van der Waals surface area contributed by atoms with E-state index in [1.165, 1.54) is 18.2 Å². The molecule has 0 spiro atoms. The molecule has 1 aromatic carbocycles. The fourth-order valence-electron chi connectivity index (χ4n) is 2.05. The van der Waals surface area contributed by atoms with E-state index in [0.29, 0.717) is 11.3 Å². The first-order valence-corrected chi connectivity index (χ1v) is 6.54. The summed E-state index contributed by atoms with van der Waals surface area (Å²) in [6.07, 6.45) is 6.57. The summed E-state index contributed by atoms with van der Waals surface area (Å²) < 4.78 is 18.6. The summed E-state index contributed by atoms with van der Waals surface area (Å²) in [6.45, 7) is 5.34. The van der Waals surface area contributed by atoms with E-state index >= 15 is 0 Å². The van der Waals surface area contributed by atoms with Crippen LogP contribution in [0.15, 0.2) is 18.2 Å². The molecule has 1 fully saturated rings. The van der Waals surface area contributed by atoms with Crippen LogP contribution in [0.3, 0.4) is 0 Å². The van der Waals surface area contributed by atoms with Gasteiger partial charge in [0.05, 0.1) is 5.41 Å². The number of amides is 1. The van der Waals surface area contributed by atoms with Crippen LogP contribution >= 0.6 is 0 Å². The van der Waals surface area contributed by atoms with Crippen molar-refractivity contribution in [2.45, 2.75) is 44.6 Å². The molecule has 0 unspecified atom stereocenters. The minimum atomic E-state index is -0.590. The Morgan fingerprint density at radius 1 is 1.45 bits per heavy atom. The molecule has 1 amide bonds. The van der Waals surface area contributed by atoms with E-state index in [4.69, 9.17) is 11.2 Å². The Morgan fingerprint density at radius 2 is 2.10 bits per heavy atom. The molecule has 106 valence electrons. The molecule has 0 aliphatic heterocycles. The Bertz CT molecular complexity index is 577. The third-order valence-corrected chi connectivity index (χ3v) is 3.16. The molecule has 3 nitrogen and oxygen atoms in total. The van der Waals surface area contributed by atoms with Crippen molar-refractivity contribution < 1.29 is 13.9 Å². The molecule has 1 N–H and O–H groups in total. The Morgan fingerprint density at radius 3 is 2.60 bits per heavy atom. The quantitative estimate of drug-likeness (QED) is 0.833. The van der Waals surface area contributed by atoms with E-state index in [2.05, 4.69) is 11.2 Å². The van der Waals surface area contributed by atoms with Crippen molar-refractivity contribution in [3.8, 4) is 12.3 Å². The second kappa shape index (κ2) is 4.82. The lowest BCUT2D eigenvalue weighted by Gasteiger charge is -2.21. The predicted molar refractivity (Wildman–Crippen MR) is 76.0 cm³/mol. The first kappa shape index (κ1) is 14.4. The van der Waals surface area contributed by atoms with Gasteiger partial charge in [0.15, 0.2) is 0 Å². The number of ether oxygens (including phenoxy) is 1. The monoisotopic (exact) mass is 275 g/mol. The summed E-state index contributed by atoms with van der Waals surface area (Å²) in [5.74, 6) is 2.33. The maximum atomic E-state index is 13.4. The van der Waals surface area contributed by atoms with E-state index in [9.17, 15) is 9.18 Å². The Labute approximate surface area is 118 Å². The van der Waals surface area contributed by atoms with Crippen molar-refractivity contribution in [3.63, 3.8) is 0 Å². The van der Waals surface area contributed by atoms with Gasteiger partial charge in [-0.25, -0.2) is 9.18 Å². The average Bonchev–Trinajstić information content (AvgIpc) is 3.10. The SMILES string of the molecule is C#CC1(c2cc(F)ccc2NC(=O)OC(C)(C)C)CC1. The minimum Gasteiger partial charge on any atom is -0.444 e. The van der Waals surface area contributed by atoms with Gasteiger partial charge in [-0.15, -0.1) is 6.42 Å². The highest BCUT2D eigenvalue weighted by atomic mass is 19.1. The van der Waals surface area contributed by atoms with Gasteiger partial charge in [0.2, 0.25) is 0 Å². The minimum absolute atomic E-state index is 0.365. The van der Waals surface area contributed by atoms with Crippen molar-refractivity contribution >= 4 is 11.8 Å². The smallest absolute Gasteiger partial charge is 0.412 e. The lowest BCUT2D eigenvalue weighted by molar-refractivity contribution is 0.0635. The standard InChI is InChI=1S/C16H18FNO2/c1-5-16(8-9-16)12-10-11(17)6-7-13(12)18-14(19)20-15(2,3)4/h1,6-7,10H,8-9H2,2-4H3,(H,18,19). The number of carbonyl (C=O) groups is 1. The van der Waals surface area contributed by atoms with Gasteiger partial charge in [-0.2, -0.15) is 0 Å². The summed E-state index contributed by atoms with van der Waals surface area (Å²) in [4.78, 5) is 11.8. The van der Waals surface area contributed by atoms with Gasteiger partial charge < -0.3 is 4.74 Å². The number of anilines is 1. The van der Waals surface area contributed by atoms with Gasteiger partial charge in [-0.3, -0.25) is 5.32 Å². The normalized spacial score (nSPS) is 16.1. The summed E-state index contributed by atoms with van der Waals surface area (Å²) >= 11 is 0. The number of hydrogen-bond donors (Lipinski definition) is 1. The second-order valence-electron chi connectivity index (χ2n) is 6.04. The highest BCUT2D eigenvalue weighted by Gasteiger charge is 2.44. The summed E-state index contributed by atoms with van der Waals surface area (Å²) in [6, 6.07) is 4.20. The van der Waals surface area contributed by atoms with E-state index in [1.54, 1.807) is 20.8 Å². The molecule has 0 atom stereocenters. The fourth-order valence-corrected chi connectivity index (χ4v) is 2.05. The largest absolute Gasteiger partial charge is 0.444 e. The van der Waals surface area contributed by atoms with Crippen molar-refractivity contribution in [3.05, 3.63) is 29.6 Å². The third kappa shape index (κ3) is 3.11. The second-order valence-corrected chi connectivity index (χ2v) is 6.04. The molecule has 20 heavy (non-hydrogen) atoms. The van der Waals surface area contributed by atoms with Crippen LogP contribution in [0.5, 0.6) is 0 Å². The zero-order chi connectivity index (χ0) is 15.0. The number of carbonyl (C=O) groups excluding carboxylic acids is 1. The van der Waals surface area contributed by atoms with Crippen LogP contribution in [0.2, 0.25) is 0 Å². The van der Waals surface area contributed by atoms with Gasteiger partial charge in [0.1, 0.15) is 11.4 Å². The third-order valence-electron chi connectivity index (χ3n) is 3.16. The molecular weight excluding hydrogens is 257 g/mol. The van der Waals surface area contributed by atoms with Crippen LogP contribution in [0.4, 0.5) is 14.9 Å². The number of terminal acetylenes is 1. The van der Waals surface area contributed by atoms with E-state index in [1.807, 2.05) is 0 Å². The molecule has 0 aromatic heterocycles. The summed E-state index contributed by atoms with van der Waals surface area (Å²) in [5.41, 5.74) is 0.113. The lowest BCUT2D eigenvalue weighted by atomic mass is 9.95. The van der Waals surface area contributed by atoms with Crippen LogP contribution in [-0.2, 0) is 10.2 Å². The van der Waals surface area contributed by atoms with Crippen LogP contribution in [0, 0.1) is 18.2 Å². The zero-order valence-corrected chi connectivity index (χ0v) is 11.9. The summed E-state index contributed by atoms with van der Waals surface area (Å²) in [5, 5.41) is 2.65. The number of nitrogens with one attached hydrogen (secondary N) is 1. The summed E-state index contributed by atoms with van der Waals surface area (Å²) in [7, 11) is 0. The van der Waals surface area contributed by atoms with Crippen LogP contribution in [0.1, 0.15) is 39.2 Å². The molecule has 4 heteroatoms. The van der Waals surface area contributed by atoms with Crippen molar-refractivity contribution in [1.29, 1.82) is 0 Å². The molecule has 1 aromatic rings. The molecule has 1 saturated carbocycles. The number of rotatable bonds is 2. The van der Waals surface area contributed by atoms with E-state index < -0.39 is 17.1 Å². The average molecular weight is 275 g/mol. The van der Waals surface area contributed by atoms with Crippen LogP contribution in [0.25, 0.3) is 0 Å². The number of halogens is 1. The number of benzene rings is 1. The van der Waals surface area contributed by atoms with Gasteiger partial charge in [-0.1, -0.05) is 5.92 Å². The highest BCUT2D eigenvalue weighted by molar-refractivity contribution is 5.86. The van der Waals surface area contributed by atoms with Crippen molar-refractivity contribution in [2.75, 3.05) is 5.32 Å². The van der Waals surface area contributed by atoms with Crippen LogP contribution in [-0.4, -0.2) is 11.7 Å². The van der Waals surface area contributed by atoms with Gasteiger partial charge in [0.25, 0.3) is 0 Å². The number of hydrogen-bond acceptors (Lipinski definition) is 2. The van der Waals surface area contributed by atoms with E-state index in [0.717, 1.165) is 12.8 Å². The first-order chi connectivity index (χ1) is 9.26. The molecule has 1 aliphatic rings. The lowest BCUT2D eigenvalue weighted by Crippen LogP contribution is -2.28. The van der Waals surface area contributed by atoms with Crippen molar-refractivity contribution in [1.82, 2.24) is 0 Å². The Kier molecular flexibility index (Phi) is 3.47. The first-order valence-electron chi connectivity index (χ1n) is 6.54. The van der Waals surface area contributed by atoms with Crippen LogP contribution < -0.4 is 5.32 Å². The van der Waals surface area contributed by atoms with Gasteiger partial charge >= 0.3 is 6.09 Å². The Hall–Kier alpha value is -2.02. The topological polar surface area (TPSA) is 38.3 Å². The zero-order valence-electron chi connectivity index (χ0n) is 11.9. The molecule has 0 bridgehead atoms. The predicted octanol–water partition coefficient (Wildman–Crippen LogP) is 3.84. The molecular formula is C16H18FNO2. The maximum Gasteiger partial charge on any atom is 0.412 e. The van der Waals surface area contributed by atoms with E-state index in [-0.39, 0.29) is 5.82 Å². The molecule has 2 rings (SSSR count). The fraction of sp³-hybridized carbons (Fsp3) is 0.438. The molecule has 0 saturated heterocycles. The molecule has 1 aliphatic carbocycles. The Balaban J connectivity index is 2.25. The molecule has 0 radical (unpaired) electrons. The van der Waals surface area contributed by atoms with Gasteiger partial charge in [0, 0.05) is 5.69 Å². The molecule has 0 heterocycles. The van der Waals surface area contributed by atoms with Crippen molar-refractivity contribution in [2.24, 2.45) is 0 Å². The van der Waals surface area contributed by atoms with Gasteiger partial charge in [-0.05, 0) is 57.4 Å². The highest BCUT2D eigenvalue weighted by Crippen LogP contribution is 2.50. The maximum absolute atomic E-state index is 13.4.